The molecule has 2 rings (SSSR count). The Bertz CT molecular complexity index is 750. The van der Waals surface area contributed by atoms with Gasteiger partial charge >= 0.3 is 5.97 Å². The minimum atomic E-state index is -0.523. The lowest BCUT2D eigenvalue weighted by Gasteiger charge is -2.11. The summed E-state index contributed by atoms with van der Waals surface area (Å²) in [5.41, 5.74) is 2.07. The smallest absolute Gasteiger partial charge is 0.346 e. The molecule has 4 nitrogen and oxygen atoms in total. The fourth-order valence-corrected chi connectivity index (χ4v) is 2.29. The summed E-state index contributed by atoms with van der Waals surface area (Å²) >= 11 is 6.21. The molecule has 0 radical (unpaired) electrons. The van der Waals surface area contributed by atoms with Crippen molar-refractivity contribution in [3.8, 4) is 0 Å². The largest absolute Gasteiger partial charge is 0.465 e. The number of carbonyl (C=O) groups is 1. The average molecular weight is 414 g/mol. The number of methoxy groups -OCH3 is 1. The second kappa shape index (κ2) is 14.9. The lowest BCUT2D eigenvalue weighted by atomic mass is 10.1. The normalized spacial score (nSPS) is 8.86. The maximum atomic E-state index is 14.0. The molecule has 0 fully saturated rings. The molecule has 1 heterocycles. The number of aromatic nitrogens is 1. The predicted molar refractivity (Wildman–Crippen MR) is 117 cm³/mol. The zero-order chi connectivity index (χ0) is 22.4. The van der Waals surface area contributed by atoms with Crippen molar-refractivity contribution in [2.75, 3.05) is 12.4 Å². The van der Waals surface area contributed by atoms with E-state index in [0.29, 0.717) is 11.0 Å². The Morgan fingerprint density at radius 3 is 2.07 bits per heavy atom. The van der Waals surface area contributed by atoms with Gasteiger partial charge in [-0.15, -0.1) is 0 Å². The number of halogens is 2. The number of pyridine rings is 1. The highest BCUT2D eigenvalue weighted by Crippen LogP contribution is 2.25. The third kappa shape index (κ3) is 7.47. The van der Waals surface area contributed by atoms with Crippen LogP contribution in [0.15, 0.2) is 24.3 Å². The number of benzene rings is 1. The summed E-state index contributed by atoms with van der Waals surface area (Å²) < 4.78 is 20.4. The maximum absolute atomic E-state index is 14.0. The number of aryl methyl sites for hydroxylation is 2. The van der Waals surface area contributed by atoms with E-state index in [1.165, 1.54) is 13.2 Å². The van der Waals surface area contributed by atoms with Gasteiger partial charge in [-0.2, -0.15) is 0 Å². The summed E-state index contributed by atoms with van der Waals surface area (Å²) in [6.45, 7) is 15.6. The number of hydrogen-bond acceptors (Lipinski definition) is 3. The molecule has 1 aromatic carbocycles. The van der Waals surface area contributed by atoms with Gasteiger partial charge in [-0.05, 0) is 49.2 Å². The van der Waals surface area contributed by atoms with Gasteiger partial charge in [0.1, 0.15) is 5.56 Å². The average Bonchev–Trinajstić information content (AvgIpc) is 2.73. The molecule has 1 N–H and O–H groups in total. The van der Waals surface area contributed by atoms with Crippen molar-refractivity contribution >= 4 is 29.1 Å². The minimum Gasteiger partial charge on any atom is -0.465 e. The van der Waals surface area contributed by atoms with Gasteiger partial charge in [0.05, 0.1) is 14.2 Å². The molecule has 0 amide bonds. The topological polar surface area (TPSA) is 42.2 Å². The van der Waals surface area contributed by atoms with E-state index in [0.717, 1.165) is 11.1 Å². The number of nitrogens with zero attached hydrogens (tertiary/aromatic N) is 1. The van der Waals surface area contributed by atoms with Crippen molar-refractivity contribution < 1.29 is 18.5 Å². The van der Waals surface area contributed by atoms with Crippen molar-refractivity contribution in [2.45, 2.75) is 55.4 Å². The molecule has 0 saturated carbocycles. The number of esters is 1. The van der Waals surface area contributed by atoms with Crippen LogP contribution in [-0.2, 0) is 11.8 Å². The Morgan fingerprint density at radius 1 is 1.07 bits per heavy atom. The standard InChI is InChI=1S/C16H16ClFN2O2.3C2H6/c1-9-5-6-13(12(18)7-9)19-15-11(16(21)22-4)8-10(2)14(17)20(15)3;3*1-2/h5-8H,1-4H3;3*1-2H3/p+1. The Hall–Kier alpha value is -2.14. The van der Waals surface area contributed by atoms with Crippen molar-refractivity contribution in [3.63, 3.8) is 0 Å². The van der Waals surface area contributed by atoms with Crippen LogP contribution in [0, 0.1) is 19.7 Å². The van der Waals surface area contributed by atoms with Crippen LogP contribution < -0.4 is 9.88 Å². The molecule has 2 aromatic rings. The van der Waals surface area contributed by atoms with E-state index < -0.39 is 11.8 Å². The minimum absolute atomic E-state index is 0.256. The van der Waals surface area contributed by atoms with Crippen LogP contribution in [0.2, 0.25) is 5.15 Å². The summed E-state index contributed by atoms with van der Waals surface area (Å²) in [6.07, 6.45) is 0. The molecule has 0 saturated heterocycles. The Labute approximate surface area is 174 Å². The quantitative estimate of drug-likeness (QED) is 0.353. The molecule has 0 spiro atoms. The summed E-state index contributed by atoms with van der Waals surface area (Å²) in [5, 5.41) is 3.37. The highest BCUT2D eigenvalue weighted by molar-refractivity contribution is 6.29. The van der Waals surface area contributed by atoms with Gasteiger partial charge in [-0.1, -0.05) is 47.6 Å². The van der Waals surface area contributed by atoms with E-state index in [-0.39, 0.29) is 11.3 Å². The molecule has 6 heteroatoms. The summed E-state index contributed by atoms with van der Waals surface area (Å²) in [6, 6.07) is 6.41. The third-order valence-electron chi connectivity index (χ3n) is 3.35. The van der Waals surface area contributed by atoms with Crippen molar-refractivity contribution in [1.29, 1.82) is 0 Å². The molecule has 0 aliphatic heterocycles. The van der Waals surface area contributed by atoms with Crippen LogP contribution in [-0.4, -0.2) is 13.1 Å². The highest BCUT2D eigenvalue weighted by Gasteiger charge is 2.25. The van der Waals surface area contributed by atoms with E-state index >= 15 is 0 Å². The first-order valence-electron chi connectivity index (χ1n) is 9.65. The molecule has 0 unspecified atom stereocenters. The van der Waals surface area contributed by atoms with Crippen LogP contribution >= 0.6 is 11.6 Å². The van der Waals surface area contributed by atoms with Gasteiger partial charge in [-0.3, -0.25) is 0 Å². The summed E-state index contributed by atoms with van der Waals surface area (Å²) in [5.74, 6) is -0.567. The third-order valence-corrected chi connectivity index (χ3v) is 3.91. The lowest BCUT2D eigenvalue weighted by molar-refractivity contribution is -0.655. The first kappa shape index (κ1) is 28.1. The fraction of sp³-hybridized carbons (Fsp3) is 0.455. The second-order valence-electron chi connectivity index (χ2n) is 5.04. The molecule has 0 aliphatic carbocycles. The van der Waals surface area contributed by atoms with Gasteiger partial charge in [-0.25, -0.2) is 19.1 Å². The van der Waals surface area contributed by atoms with Crippen LogP contribution in [0.3, 0.4) is 0 Å². The number of rotatable bonds is 3. The van der Waals surface area contributed by atoms with Gasteiger partial charge in [0.25, 0.3) is 5.82 Å². The molecule has 28 heavy (non-hydrogen) atoms. The van der Waals surface area contributed by atoms with Gasteiger partial charge in [0.2, 0.25) is 0 Å². The molecule has 158 valence electrons. The molecular weight excluding hydrogens is 379 g/mol. The highest BCUT2D eigenvalue weighted by atomic mass is 35.5. The maximum Gasteiger partial charge on any atom is 0.346 e. The van der Waals surface area contributed by atoms with E-state index in [2.05, 4.69) is 5.32 Å². The Morgan fingerprint density at radius 2 is 1.61 bits per heavy atom. The number of carbonyl (C=O) groups excluding carboxylic acids is 1. The SMILES string of the molecule is CC.CC.CC.COC(=O)c1cc(C)c(Cl)[n+](C)c1Nc1ccc(C)cc1F. The number of anilines is 2. The van der Waals surface area contributed by atoms with Gasteiger partial charge < -0.3 is 4.74 Å². The van der Waals surface area contributed by atoms with Crippen molar-refractivity contribution in [1.82, 2.24) is 0 Å². The Balaban J connectivity index is 0. The van der Waals surface area contributed by atoms with Crippen molar-refractivity contribution in [3.05, 3.63) is 51.9 Å². The molecule has 0 bridgehead atoms. The number of ether oxygens (including phenoxy) is 1. The van der Waals surface area contributed by atoms with Gasteiger partial charge in [0, 0.05) is 5.56 Å². The van der Waals surface area contributed by atoms with E-state index in [4.69, 9.17) is 16.3 Å². The fourth-order valence-electron chi connectivity index (χ4n) is 2.15. The van der Waals surface area contributed by atoms with E-state index in [1.807, 2.05) is 41.5 Å². The number of nitrogens with one attached hydrogen (secondary N) is 1. The zero-order valence-electron chi connectivity index (χ0n) is 18.8. The predicted octanol–water partition coefficient (Wildman–Crippen LogP) is 6.53. The second-order valence-corrected chi connectivity index (χ2v) is 5.40. The summed E-state index contributed by atoms with van der Waals surface area (Å²) in [4.78, 5) is 12.0. The van der Waals surface area contributed by atoms with E-state index in [1.54, 1.807) is 43.7 Å². The summed E-state index contributed by atoms with van der Waals surface area (Å²) in [7, 11) is 2.98. The van der Waals surface area contributed by atoms with E-state index in [9.17, 15) is 9.18 Å². The first-order chi connectivity index (χ1) is 13.3. The Kier molecular flexibility index (Phi) is 14.9. The van der Waals surface area contributed by atoms with Crippen LogP contribution in [0.5, 0.6) is 0 Å². The molecule has 0 atom stereocenters. The van der Waals surface area contributed by atoms with Crippen LogP contribution in [0.4, 0.5) is 15.9 Å². The monoisotopic (exact) mass is 413 g/mol. The number of hydrogen-bond donors (Lipinski definition) is 1. The van der Waals surface area contributed by atoms with Gasteiger partial charge in [0.15, 0.2) is 16.7 Å². The lowest BCUT2D eigenvalue weighted by Crippen LogP contribution is -2.36. The van der Waals surface area contributed by atoms with Crippen LogP contribution in [0.25, 0.3) is 0 Å². The molecular formula is C22H35ClFN2O2+. The van der Waals surface area contributed by atoms with Crippen LogP contribution in [0.1, 0.15) is 63.0 Å². The molecule has 1 aromatic heterocycles. The first-order valence-corrected chi connectivity index (χ1v) is 10.0. The van der Waals surface area contributed by atoms with Crippen molar-refractivity contribution in [2.24, 2.45) is 7.05 Å². The zero-order valence-corrected chi connectivity index (χ0v) is 19.6. The molecule has 0 aliphatic rings.